The van der Waals surface area contributed by atoms with Gasteiger partial charge in [-0.05, 0) is 12.1 Å². The lowest BCUT2D eigenvalue weighted by molar-refractivity contribution is -0.139. The summed E-state index contributed by atoms with van der Waals surface area (Å²) in [6.45, 7) is -0.378. The van der Waals surface area contributed by atoms with E-state index in [1.54, 1.807) is 0 Å². The van der Waals surface area contributed by atoms with E-state index in [2.05, 4.69) is 10.6 Å². The molecular weight excluding hydrogens is 271 g/mol. The number of methoxy groups -OCH3 is 1. The highest BCUT2D eigenvalue weighted by Crippen LogP contribution is 2.24. The summed E-state index contributed by atoms with van der Waals surface area (Å²) in [6, 6.07) is 1.48. The fourth-order valence-electron chi connectivity index (χ4n) is 1.47. The number of rotatable bonds is 6. The highest BCUT2D eigenvalue weighted by molar-refractivity contribution is 5.93. The van der Waals surface area contributed by atoms with E-state index >= 15 is 0 Å². The molecule has 0 unspecified atom stereocenters. The van der Waals surface area contributed by atoms with Crippen LogP contribution in [0.25, 0.3) is 0 Å². The number of amides is 2. The van der Waals surface area contributed by atoms with Crippen molar-refractivity contribution in [3.8, 4) is 5.75 Å². The Morgan fingerprint density at radius 2 is 2.15 bits per heavy atom. The molecule has 1 atom stereocenters. The van der Waals surface area contributed by atoms with Crippen molar-refractivity contribution in [2.24, 2.45) is 0 Å². The first-order valence-electron chi connectivity index (χ1n) is 5.72. The first-order chi connectivity index (χ1) is 9.47. The minimum atomic E-state index is -1.26. The Morgan fingerprint density at radius 3 is 2.70 bits per heavy atom. The molecule has 20 heavy (non-hydrogen) atoms. The van der Waals surface area contributed by atoms with E-state index in [4.69, 9.17) is 14.9 Å². The summed E-state index contributed by atoms with van der Waals surface area (Å²) in [5.74, 6) is -1.69. The number of benzene rings is 1. The van der Waals surface area contributed by atoms with Gasteiger partial charge in [0.05, 0.1) is 12.8 Å². The second-order valence-electron chi connectivity index (χ2n) is 3.85. The number of nitrogens with one attached hydrogen (secondary N) is 2. The van der Waals surface area contributed by atoms with Crippen LogP contribution in [0.1, 0.15) is 6.42 Å². The van der Waals surface area contributed by atoms with Gasteiger partial charge in [0.15, 0.2) is 0 Å². The number of carbonyl (C=O) groups is 2. The molecule has 0 bridgehead atoms. The second kappa shape index (κ2) is 7.29. The van der Waals surface area contributed by atoms with Gasteiger partial charge in [0.25, 0.3) is 0 Å². The van der Waals surface area contributed by atoms with Crippen LogP contribution in [0.3, 0.4) is 0 Å². The molecule has 4 N–H and O–H groups in total. The smallest absolute Gasteiger partial charge is 0.326 e. The van der Waals surface area contributed by atoms with Crippen molar-refractivity contribution in [3.05, 3.63) is 24.0 Å². The zero-order valence-corrected chi connectivity index (χ0v) is 10.7. The first-order valence-corrected chi connectivity index (χ1v) is 5.72. The largest absolute Gasteiger partial charge is 0.494 e. The molecule has 0 saturated heterocycles. The lowest BCUT2D eigenvalue weighted by Crippen LogP contribution is -2.43. The van der Waals surface area contributed by atoms with Crippen LogP contribution in [0.4, 0.5) is 14.9 Å². The van der Waals surface area contributed by atoms with Crippen molar-refractivity contribution in [1.82, 2.24) is 5.32 Å². The normalized spacial score (nSPS) is 11.6. The highest BCUT2D eigenvalue weighted by atomic mass is 19.1. The zero-order valence-electron chi connectivity index (χ0n) is 10.7. The van der Waals surface area contributed by atoms with E-state index in [0.717, 1.165) is 12.1 Å². The molecule has 0 aliphatic rings. The summed E-state index contributed by atoms with van der Waals surface area (Å²) in [4.78, 5) is 22.5. The molecule has 0 aliphatic carbocycles. The Labute approximate surface area is 114 Å². The molecule has 8 heteroatoms. The number of aliphatic hydroxyl groups is 1. The van der Waals surface area contributed by atoms with Crippen molar-refractivity contribution < 1.29 is 28.9 Å². The number of carboxylic acid groups (broad SMARTS) is 1. The van der Waals surface area contributed by atoms with Gasteiger partial charge in [-0.25, -0.2) is 14.0 Å². The van der Waals surface area contributed by atoms with Gasteiger partial charge < -0.3 is 25.6 Å². The van der Waals surface area contributed by atoms with Crippen molar-refractivity contribution in [2.45, 2.75) is 12.5 Å². The van der Waals surface area contributed by atoms with E-state index in [1.165, 1.54) is 13.2 Å². The number of anilines is 1. The summed E-state index contributed by atoms with van der Waals surface area (Å²) in [5.41, 5.74) is 0.194. The maximum atomic E-state index is 13.0. The number of aliphatic hydroxyl groups excluding tert-OH is 1. The average Bonchev–Trinajstić information content (AvgIpc) is 2.40. The summed E-state index contributed by atoms with van der Waals surface area (Å²) < 4.78 is 17.9. The molecule has 7 nitrogen and oxygen atoms in total. The predicted molar refractivity (Wildman–Crippen MR) is 68.2 cm³/mol. The third-order valence-corrected chi connectivity index (χ3v) is 2.43. The van der Waals surface area contributed by atoms with E-state index in [9.17, 15) is 14.0 Å². The molecule has 110 valence electrons. The fourth-order valence-corrected chi connectivity index (χ4v) is 1.47. The van der Waals surface area contributed by atoms with Crippen LogP contribution in [-0.4, -0.2) is 42.0 Å². The van der Waals surface area contributed by atoms with Crippen molar-refractivity contribution in [2.75, 3.05) is 19.0 Å². The van der Waals surface area contributed by atoms with E-state index in [-0.39, 0.29) is 24.5 Å². The SMILES string of the molecule is COc1cc(F)ccc1NC(=O)N[C@H](CCO)C(=O)O. The van der Waals surface area contributed by atoms with Gasteiger partial charge in [0.1, 0.15) is 17.6 Å². The van der Waals surface area contributed by atoms with Gasteiger partial charge in [0, 0.05) is 19.1 Å². The highest BCUT2D eigenvalue weighted by Gasteiger charge is 2.19. The Bertz CT molecular complexity index is 495. The van der Waals surface area contributed by atoms with Crippen LogP contribution in [-0.2, 0) is 4.79 Å². The number of carbonyl (C=O) groups excluding carboxylic acids is 1. The van der Waals surface area contributed by atoms with Gasteiger partial charge in [-0.2, -0.15) is 0 Å². The number of urea groups is 1. The van der Waals surface area contributed by atoms with Crippen molar-refractivity contribution in [1.29, 1.82) is 0 Å². The monoisotopic (exact) mass is 286 g/mol. The first kappa shape index (κ1) is 15.7. The molecule has 0 aromatic heterocycles. The Morgan fingerprint density at radius 1 is 1.45 bits per heavy atom. The average molecular weight is 286 g/mol. The molecule has 2 amide bonds. The van der Waals surface area contributed by atoms with Crippen LogP contribution < -0.4 is 15.4 Å². The minimum absolute atomic E-state index is 0.106. The van der Waals surface area contributed by atoms with Crippen molar-refractivity contribution >= 4 is 17.7 Å². The third kappa shape index (κ3) is 4.39. The zero-order chi connectivity index (χ0) is 15.1. The number of hydrogen-bond acceptors (Lipinski definition) is 4. The van der Waals surface area contributed by atoms with Gasteiger partial charge in [-0.15, -0.1) is 0 Å². The van der Waals surface area contributed by atoms with Crippen LogP contribution in [0, 0.1) is 5.82 Å². The molecule has 0 heterocycles. The van der Waals surface area contributed by atoms with E-state index in [0.29, 0.717) is 0 Å². The van der Waals surface area contributed by atoms with E-state index < -0.39 is 23.9 Å². The molecule has 0 saturated carbocycles. The Kier molecular flexibility index (Phi) is 5.73. The molecule has 0 spiro atoms. The maximum absolute atomic E-state index is 13.0. The number of aliphatic carboxylic acids is 1. The Hall–Kier alpha value is -2.35. The minimum Gasteiger partial charge on any atom is -0.494 e. The molecule has 1 aromatic rings. The summed E-state index contributed by atoms with van der Waals surface area (Å²) >= 11 is 0. The lowest BCUT2D eigenvalue weighted by Gasteiger charge is -2.15. The maximum Gasteiger partial charge on any atom is 0.326 e. The summed E-state index contributed by atoms with van der Waals surface area (Å²) in [5, 5.41) is 22.1. The second-order valence-corrected chi connectivity index (χ2v) is 3.85. The number of ether oxygens (including phenoxy) is 1. The molecule has 0 aliphatic heterocycles. The third-order valence-electron chi connectivity index (χ3n) is 2.43. The Balaban J connectivity index is 2.73. The molecular formula is C12H15FN2O5. The number of halogens is 1. The van der Waals surface area contributed by atoms with Gasteiger partial charge in [-0.3, -0.25) is 0 Å². The molecule has 0 fully saturated rings. The van der Waals surface area contributed by atoms with Crippen molar-refractivity contribution in [3.63, 3.8) is 0 Å². The lowest BCUT2D eigenvalue weighted by atomic mass is 10.2. The van der Waals surface area contributed by atoms with Gasteiger partial charge in [0.2, 0.25) is 0 Å². The molecule has 1 rings (SSSR count). The topological polar surface area (TPSA) is 108 Å². The standard InChI is InChI=1S/C12H15FN2O5/c1-20-10-6-7(13)2-3-8(10)14-12(19)15-9(4-5-16)11(17)18/h2-3,6,9,16H,4-5H2,1H3,(H,17,18)(H2,14,15,19)/t9-/m1/s1. The predicted octanol–water partition coefficient (Wildman–Crippen LogP) is 0.791. The number of hydrogen-bond donors (Lipinski definition) is 4. The number of carboxylic acids is 1. The quantitative estimate of drug-likeness (QED) is 0.618. The van der Waals surface area contributed by atoms with Crippen LogP contribution in [0.15, 0.2) is 18.2 Å². The molecule has 0 radical (unpaired) electrons. The van der Waals surface area contributed by atoms with Crippen LogP contribution in [0.2, 0.25) is 0 Å². The summed E-state index contributed by atoms with van der Waals surface area (Å²) in [6.07, 6.45) is -0.122. The summed E-state index contributed by atoms with van der Waals surface area (Å²) in [7, 11) is 1.31. The van der Waals surface area contributed by atoms with Crippen LogP contribution >= 0.6 is 0 Å². The fraction of sp³-hybridized carbons (Fsp3) is 0.333. The van der Waals surface area contributed by atoms with Gasteiger partial charge >= 0.3 is 12.0 Å². The molecule has 1 aromatic carbocycles. The van der Waals surface area contributed by atoms with Gasteiger partial charge in [-0.1, -0.05) is 0 Å². The van der Waals surface area contributed by atoms with Crippen LogP contribution in [0.5, 0.6) is 5.75 Å². The van der Waals surface area contributed by atoms with E-state index in [1.807, 2.05) is 0 Å².